The molecule has 2 heterocycles. The summed E-state index contributed by atoms with van der Waals surface area (Å²) in [6.45, 7) is 2.54. The van der Waals surface area contributed by atoms with Crippen molar-refractivity contribution in [2.45, 2.75) is 31.7 Å². The van der Waals surface area contributed by atoms with E-state index >= 15 is 0 Å². The summed E-state index contributed by atoms with van der Waals surface area (Å²) in [5, 5.41) is 0. The Bertz CT molecular complexity index is 830. The Labute approximate surface area is 146 Å². The number of rotatable bonds is 3. The van der Waals surface area contributed by atoms with Gasteiger partial charge in [0, 0.05) is 30.2 Å². The highest BCUT2D eigenvalue weighted by molar-refractivity contribution is 6.00. The highest BCUT2D eigenvalue weighted by Gasteiger charge is 2.62. The molecule has 2 fully saturated rings. The van der Waals surface area contributed by atoms with Gasteiger partial charge in [-0.25, -0.2) is 9.78 Å². The lowest BCUT2D eigenvalue weighted by Crippen LogP contribution is -2.62. The van der Waals surface area contributed by atoms with Gasteiger partial charge in [-0.15, -0.1) is 0 Å². The van der Waals surface area contributed by atoms with Crippen LogP contribution in [0, 0.1) is 12.8 Å². The number of methoxy groups -OCH3 is 1. The normalized spacial score (nSPS) is 24.6. The number of amides is 1. The molecule has 130 valence electrons. The van der Waals surface area contributed by atoms with Gasteiger partial charge in [0.25, 0.3) is 5.91 Å². The van der Waals surface area contributed by atoms with Crippen molar-refractivity contribution in [1.29, 1.82) is 0 Å². The zero-order chi connectivity index (χ0) is 17.6. The fourth-order valence-electron chi connectivity index (χ4n) is 4.29. The van der Waals surface area contributed by atoms with Crippen LogP contribution >= 0.6 is 0 Å². The first-order valence-electron chi connectivity index (χ1n) is 8.57. The number of esters is 1. The fourth-order valence-corrected chi connectivity index (χ4v) is 4.29. The number of hydrogen-bond donors (Lipinski definition) is 0. The van der Waals surface area contributed by atoms with Crippen molar-refractivity contribution < 1.29 is 14.3 Å². The third kappa shape index (κ3) is 2.20. The van der Waals surface area contributed by atoms with E-state index in [9.17, 15) is 9.59 Å². The summed E-state index contributed by atoms with van der Waals surface area (Å²) < 4.78 is 6.93. The lowest BCUT2D eigenvalue weighted by atomic mass is 9.67. The molecule has 0 spiro atoms. The molecule has 1 saturated carbocycles. The van der Waals surface area contributed by atoms with Gasteiger partial charge in [0.15, 0.2) is 0 Å². The highest BCUT2D eigenvalue weighted by atomic mass is 16.5. The molecule has 0 N–H and O–H groups in total. The van der Waals surface area contributed by atoms with Gasteiger partial charge in [0.1, 0.15) is 5.54 Å². The minimum Gasteiger partial charge on any atom is -0.467 e. The van der Waals surface area contributed by atoms with Crippen LogP contribution in [0.25, 0.3) is 5.69 Å². The second-order valence-electron chi connectivity index (χ2n) is 6.87. The predicted molar refractivity (Wildman–Crippen MR) is 91.4 cm³/mol. The molecule has 0 unspecified atom stereocenters. The molecular weight excluding hydrogens is 318 g/mol. The molecule has 1 saturated heterocycles. The molecule has 1 aliphatic heterocycles. The summed E-state index contributed by atoms with van der Waals surface area (Å²) in [4.78, 5) is 31.4. The average molecular weight is 339 g/mol. The Hall–Kier alpha value is -2.63. The quantitative estimate of drug-likeness (QED) is 0.805. The van der Waals surface area contributed by atoms with E-state index in [1.54, 1.807) is 17.4 Å². The SMILES string of the molecule is COC(=O)[C@]12CC[C@H]1CCN2C(=O)c1ccc(-n2ccnc2)cc1C. The smallest absolute Gasteiger partial charge is 0.332 e. The number of likely N-dealkylation sites (tertiary alicyclic amines) is 1. The predicted octanol–water partition coefficient (Wildman–Crippen LogP) is 2.35. The first-order valence-corrected chi connectivity index (χ1v) is 8.57. The van der Waals surface area contributed by atoms with Crippen LogP contribution in [0.3, 0.4) is 0 Å². The van der Waals surface area contributed by atoms with Crippen LogP contribution in [0.5, 0.6) is 0 Å². The summed E-state index contributed by atoms with van der Waals surface area (Å²) in [7, 11) is 1.40. The Morgan fingerprint density at radius 1 is 1.32 bits per heavy atom. The van der Waals surface area contributed by atoms with Crippen molar-refractivity contribution in [3.8, 4) is 5.69 Å². The third-order valence-electron chi connectivity index (χ3n) is 5.76. The Balaban J connectivity index is 1.66. The van der Waals surface area contributed by atoms with Crippen molar-refractivity contribution in [2.75, 3.05) is 13.7 Å². The second kappa shape index (κ2) is 5.72. The van der Waals surface area contributed by atoms with Gasteiger partial charge in [0.2, 0.25) is 0 Å². The first-order chi connectivity index (χ1) is 12.1. The fraction of sp³-hybridized carbons (Fsp3) is 0.421. The topological polar surface area (TPSA) is 64.4 Å². The molecule has 25 heavy (non-hydrogen) atoms. The number of carbonyl (C=O) groups is 2. The van der Waals surface area contributed by atoms with E-state index in [-0.39, 0.29) is 17.8 Å². The molecule has 1 amide bonds. The molecule has 2 aromatic rings. The second-order valence-corrected chi connectivity index (χ2v) is 6.87. The number of aromatic nitrogens is 2. The van der Waals surface area contributed by atoms with Crippen molar-refractivity contribution >= 4 is 11.9 Å². The van der Waals surface area contributed by atoms with Gasteiger partial charge in [-0.05, 0) is 55.9 Å². The van der Waals surface area contributed by atoms with Crippen LogP contribution in [0.2, 0.25) is 0 Å². The zero-order valence-corrected chi connectivity index (χ0v) is 14.4. The molecule has 6 nitrogen and oxygen atoms in total. The molecule has 1 aromatic carbocycles. The summed E-state index contributed by atoms with van der Waals surface area (Å²) in [5.41, 5.74) is 1.73. The van der Waals surface area contributed by atoms with E-state index in [0.717, 1.165) is 24.1 Å². The van der Waals surface area contributed by atoms with E-state index in [4.69, 9.17) is 4.74 Å². The minimum atomic E-state index is -0.749. The number of imidazole rings is 1. The van der Waals surface area contributed by atoms with Gasteiger partial charge < -0.3 is 14.2 Å². The number of carbonyl (C=O) groups excluding carboxylic acids is 2. The lowest BCUT2D eigenvalue weighted by Gasteiger charge is -2.47. The number of hydrogen-bond acceptors (Lipinski definition) is 4. The number of ether oxygens (including phenoxy) is 1. The van der Waals surface area contributed by atoms with Crippen molar-refractivity contribution in [3.05, 3.63) is 48.0 Å². The number of aryl methyl sites for hydroxylation is 1. The van der Waals surface area contributed by atoms with Crippen LogP contribution in [0.1, 0.15) is 35.2 Å². The minimum absolute atomic E-state index is 0.0812. The maximum Gasteiger partial charge on any atom is 0.332 e. The number of fused-ring (bicyclic) bond motifs is 1. The zero-order valence-electron chi connectivity index (χ0n) is 14.4. The van der Waals surface area contributed by atoms with E-state index in [0.29, 0.717) is 18.5 Å². The van der Waals surface area contributed by atoms with Crippen LogP contribution in [-0.2, 0) is 9.53 Å². The van der Waals surface area contributed by atoms with Crippen LogP contribution < -0.4 is 0 Å². The van der Waals surface area contributed by atoms with Gasteiger partial charge >= 0.3 is 5.97 Å². The number of benzene rings is 1. The van der Waals surface area contributed by atoms with Crippen LogP contribution in [0.4, 0.5) is 0 Å². The maximum absolute atomic E-state index is 13.2. The molecule has 2 atom stereocenters. The van der Waals surface area contributed by atoms with Gasteiger partial charge in [-0.2, -0.15) is 0 Å². The van der Waals surface area contributed by atoms with Crippen molar-refractivity contribution in [1.82, 2.24) is 14.5 Å². The van der Waals surface area contributed by atoms with Crippen molar-refractivity contribution in [2.24, 2.45) is 5.92 Å². The number of nitrogens with zero attached hydrogens (tertiary/aromatic N) is 3. The maximum atomic E-state index is 13.2. The average Bonchev–Trinajstić information content (AvgIpc) is 3.21. The van der Waals surface area contributed by atoms with E-state index in [2.05, 4.69) is 4.98 Å². The summed E-state index contributed by atoms with van der Waals surface area (Å²) in [6.07, 6.45) is 7.85. The molecule has 0 radical (unpaired) electrons. The third-order valence-corrected chi connectivity index (χ3v) is 5.76. The molecule has 4 rings (SSSR count). The van der Waals surface area contributed by atoms with E-state index in [1.165, 1.54) is 7.11 Å². The molecule has 2 aliphatic rings. The Morgan fingerprint density at radius 3 is 2.76 bits per heavy atom. The van der Waals surface area contributed by atoms with Crippen LogP contribution in [-0.4, -0.2) is 45.5 Å². The molecular formula is C19H21N3O3. The Kier molecular flexibility index (Phi) is 3.63. The van der Waals surface area contributed by atoms with Gasteiger partial charge in [-0.1, -0.05) is 0 Å². The standard InChI is InChI=1S/C19H21N3O3/c1-13-11-15(21-10-8-20-12-21)3-4-16(13)17(23)22-9-6-14-5-7-19(14,22)18(24)25-2/h3-4,8,10-12,14H,5-7,9H2,1-2H3/t14-,19-/m0/s1. The highest BCUT2D eigenvalue weighted by Crippen LogP contribution is 2.51. The largest absolute Gasteiger partial charge is 0.467 e. The lowest BCUT2D eigenvalue weighted by molar-refractivity contribution is -0.160. The molecule has 6 heteroatoms. The van der Waals surface area contributed by atoms with E-state index in [1.807, 2.05) is 35.9 Å². The Morgan fingerprint density at radius 2 is 2.16 bits per heavy atom. The molecule has 1 aromatic heterocycles. The van der Waals surface area contributed by atoms with E-state index < -0.39 is 5.54 Å². The van der Waals surface area contributed by atoms with Gasteiger partial charge in [-0.3, -0.25) is 4.79 Å². The summed E-state index contributed by atoms with van der Waals surface area (Å²) in [5.74, 6) is -0.126. The van der Waals surface area contributed by atoms with Gasteiger partial charge in [0.05, 0.1) is 13.4 Å². The summed E-state index contributed by atoms with van der Waals surface area (Å²) >= 11 is 0. The molecule has 1 aliphatic carbocycles. The summed E-state index contributed by atoms with van der Waals surface area (Å²) in [6, 6.07) is 5.71. The first kappa shape index (κ1) is 15.9. The van der Waals surface area contributed by atoms with Crippen LogP contribution in [0.15, 0.2) is 36.9 Å². The molecule has 0 bridgehead atoms. The monoisotopic (exact) mass is 339 g/mol. The van der Waals surface area contributed by atoms with Crippen molar-refractivity contribution in [3.63, 3.8) is 0 Å².